The number of anilines is 1. The lowest BCUT2D eigenvalue weighted by Gasteiger charge is -2.13. The highest BCUT2D eigenvalue weighted by atomic mass is 19.1. The first kappa shape index (κ1) is 15.8. The molecule has 0 aliphatic heterocycles. The van der Waals surface area contributed by atoms with Gasteiger partial charge in [-0.3, -0.25) is 4.79 Å². The number of benzene rings is 2. The Morgan fingerprint density at radius 1 is 1.23 bits per heavy atom. The molecule has 0 atom stereocenters. The average molecular weight is 302 g/mol. The third kappa shape index (κ3) is 4.22. The molecule has 2 rings (SSSR count). The fourth-order valence-corrected chi connectivity index (χ4v) is 1.97. The predicted octanol–water partition coefficient (Wildman–Crippen LogP) is 2.87. The monoisotopic (exact) mass is 302 g/mol. The Hall–Kier alpha value is -2.56. The van der Waals surface area contributed by atoms with Crippen molar-refractivity contribution >= 4 is 11.6 Å². The molecular formula is C17H19FN2O2. The number of hydrogen-bond donors (Lipinski definition) is 2. The van der Waals surface area contributed by atoms with E-state index in [-0.39, 0.29) is 18.3 Å². The van der Waals surface area contributed by atoms with Crippen LogP contribution in [0.25, 0.3) is 0 Å². The second-order valence-electron chi connectivity index (χ2n) is 4.91. The average Bonchev–Trinajstić information content (AvgIpc) is 2.54. The Morgan fingerprint density at radius 3 is 2.77 bits per heavy atom. The maximum absolute atomic E-state index is 13.7. The number of carbonyl (C=O) groups is 1. The molecule has 2 aromatic rings. The third-order valence-electron chi connectivity index (χ3n) is 3.20. The predicted molar refractivity (Wildman–Crippen MR) is 84.5 cm³/mol. The Kier molecular flexibility index (Phi) is 5.36. The van der Waals surface area contributed by atoms with Gasteiger partial charge in [0.1, 0.15) is 11.6 Å². The number of nitrogens with one attached hydrogen (secondary N) is 2. The number of para-hydroxylation sites is 1. The number of likely N-dealkylation sites (N-methyl/N-ethyl adjacent to an activating group) is 1. The van der Waals surface area contributed by atoms with Crippen molar-refractivity contribution in [1.29, 1.82) is 0 Å². The van der Waals surface area contributed by atoms with Gasteiger partial charge in [-0.1, -0.05) is 24.3 Å². The van der Waals surface area contributed by atoms with Crippen LogP contribution < -0.4 is 15.4 Å². The van der Waals surface area contributed by atoms with Crippen LogP contribution in [0.3, 0.4) is 0 Å². The molecule has 4 nitrogen and oxygen atoms in total. The zero-order chi connectivity index (χ0) is 15.9. The van der Waals surface area contributed by atoms with Gasteiger partial charge in [-0.2, -0.15) is 0 Å². The smallest absolute Gasteiger partial charge is 0.257 e. The van der Waals surface area contributed by atoms with Crippen LogP contribution in [0.1, 0.15) is 11.1 Å². The van der Waals surface area contributed by atoms with Gasteiger partial charge in [0.15, 0.2) is 6.61 Å². The summed E-state index contributed by atoms with van der Waals surface area (Å²) in [6.07, 6.45) is 0. The van der Waals surface area contributed by atoms with Gasteiger partial charge < -0.3 is 15.4 Å². The van der Waals surface area contributed by atoms with Crippen LogP contribution >= 0.6 is 0 Å². The number of amides is 1. The number of carbonyl (C=O) groups excluding carboxylic acids is 1. The molecule has 116 valence electrons. The molecule has 22 heavy (non-hydrogen) atoms. The largest absolute Gasteiger partial charge is 0.483 e. The Morgan fingerprint density at radius 2 is 2.00 bits per heavy atom. The van der Waals surface area contributed by atoms with Crippen molar-refractivity contribution in [2.24, 2.45) is 0 Å². The lowest BCUT2D eigenvalue weighted by molar-refractivity contribution is -0.122. The normalized spacial score (nSPS) is 10.1. The molecule has 5 heteroatoms. The second-order valence-corrected chi connectivity index (χ2v) is 4.91. The summed E-state index contributed by atoms with van der Waals surface area (Å²) in [6, 6.07) is 12.3. The van der Waals surface area contributed by atoms with Crippen LogP contribution in [-0.4, -0.2) is 19.6 Å². The lowest BCUT2D eigenvalue weighted by Crippen LogP contribution is -2.25. The van der Waals surface area contributed by atoms with Crippen LogP contribution in [0.2, 0.25) is 0 Å². The molecule has 0 unspecified atom stereocenters. The summed E-state index contributed by atoms with van der Waals surface area (Å²) in [5, 5.41) is 5.55. The summed E-state index contributed by atoms with van der Waals surface area (Å²) in [5.74, 6) is 0.105. The first-order valence-electron chi connectivity index (χ1n) is 7.01. The minimum absolute atomic E-state index is 0.0493. The molecule has 1 amide bonds. The summed E-state index contributed by atoms with van der Waals surface area (Å²) >= 11 is 0. The molecule has 2 N–H and O–H groups in total. The van der Waals surface area contributed by atoms with E-state index in [0.29, 0.717) is 18.0 Å². The Labute approximate surface area is 129 Å². The lowest BCUT2D eigenvalue weighted by atomic mass is 10.1. The van der Waals surface area contributed by atoms with Gasteiger partial charge in [0.05, 0.1) is 5.69 Å². The SMILES string of the molecule is CNC(=O)COc1ccccc1CNc1cc(C)ccc1F. The van der Waals surface area contributed by atoms with E-state index in [9.17, 15) is 9.18 Å². The van der Waals surface area contributed by atoms with Crippen molar-refractivity contribution in [2.45, 2.75) is 13.5 Å². The molecule has 0 aliphatic rings. The molecule has 0 aromatic heterocycles. The van der Waals surface area contributed by atoms with Gasteiger partial charge in [0, 0.05) is 19.2 Å². The van der Waals surface area contributed by atoms with Crippen LogP contribution in [-0.2, 0) is 11.3 Å². The highest BCUT2D eigenvalue weighted by Gasteiger charge is 2.07. The summed E-state index contributed by atoms with van der Waals surface area (Å²) in [5.41, 5.74) is 2.28. The number of aryl methyl sites for hydroxylation is 1. The zero-order valence-corrected chi connectivity index (χ0v) is 12.7. The first-order valence-corrected chi connectivity index (χ1v) is 7.01. The fourth-order valence-electron chi connectivity index (χ4n) is 1.97. The molecule has 0 bridgehead atoms. The minimum atomic E-state index is -0.297. The van der Waals surface area contributed by atoms with Gasteiger partial charge in [-0.25, -0.2) is 4.39 Å². The van der Waals surface area contributed by atoms with E-state index in [4.69, 9.17) is 4.74 Å². The van der Waals surface area contributed by atoms with Crippen molar-refractivity contribution in [2.75, 3.05) is 19.0 Å². The van der Waals surface area contributed by atoms with Crippen molar-refractivity contribution in [3.63, 3.8) is 0 Å². The van der Waals surface area contributed by atoms with E-state index in [1.165, 1.54) is 6.07 Å². The van der Waals surface area contributed by atoms with Gasteiger partial charge in [0.2, 0.25) is 0 Å². The van der Waals surface area contributed by atoms with Gasteiger partial charge in [-0.15, -0.1) is 0 Å². The quantitative estimate of drug-likeness (QED) is 0.862. The van der Waals surface area contributed by atoms with E-state index in [1.54, 1.807) is 25.2 Å². The van der Waals surface area contributed by atoms with Crippen LogP contribution in [0, 0.1) is 12.7 Å². The zero-order valence-electron chi connectivity index (χ0n) is 12.7. The first-order chi connectivity index (χ1) is 10.6. The standard InChI is InChI=1S/C17H19FN2O2/c1-12-7-8-14(18)15(9-12)20-10-13-5-3-4-6-16(13)22-11-17(21)19-2/h3-9,20H,10-11H2,1-2H3,(H,19,21). The van der Waals surface area contributed by atoms with Crippen LogP contribution in [0.5, 0.6) is 5.75 Å². The molecular weight excluding hydrogens is 283 g/mol. The van der Waals surface area contributed by atoms with Crippen molar-refractivity contribution in [3.8, 4) is 5.75 Å². The molecule has 0 radical (unpaired) electrons. The maximum atomic E-state index is 13.7. The van der Waals surface area contributed by atoms with Crippen molar-refractivity contribution in [1.82, 2.24) is 5.32 Å². The highest BCUT2D eigenvalue weighted by Crippen LogP contribution is 2.21. The van der Waals surface area contributed by atoms with E-state index in [0.717, 1.165) is 11.1 Å². The summed E-state index contributed by atoms with van der Waals surface area (Å²) in [7, 11) is 1.56. The number of hydrogen-bond acceptors (Lipinski definition) is 3. The third-order valence-corrected chi connectivity index (χ3v) is 3.20. The molecule has 0 spiro atoms. The van der Waals surface area contributed by atoms with Gasteiger partial charge in [0.25, 0.3) is 5.91 Å². The minimum Gasteiger partial charge on any atom is -0.483 e. The highest BCUT2D eigenvalue weighted by molar-refractivity contribution is 5.77. The molecule has 0 saturated heterocycles. The molecule has 2 aromatic carbocycles. The maximum Gasteiger partial charge on any atom is 0.257 e. The molecule has 0 heterocycles. The second kappa shape index (κ2) is 7.45. The summed E-state index contributed by atoms with van der Waals surface area (Å²) in [4.78, 5) is 11.3. The number of halogens is 1. The molecule has 0 saturated carbocycles. The Bertz CT molecular complexity index is 659. The summed E-state index contributed by atoms with van der Waals surface area (Å²) < 4.78 is 19.2. The van der Waals surface area contributed by atoms with Crippen LogP contribution in [0.4, 0.5) is 10.1 Å². The van der Waals surface area contributed by atoms with Gasteiger partial charge >= 0.3 is 0 Å². The van der Waals surface area contributed by atoms with Crippen molar-refractivity contribution < 1.29 is 13.9 Å². The summed E-state index contributed by atoms with van der Waals surface area (Å²) in [6.45, 7) is 2.27. The van der Waals surface area contributed by atoms with E-state index < -0.39 is 0 Å². The number of ether oxygens (including phenoxy) is 1. The molecule has 0 fully saturated rings. The van der Waals surface area contributed by atoms with E-state index in [2.05, 4.69) is 10.6 Å². The van der Waals surface area contributed by atoms with Crippen LogP contribution in [0.15, 0.2) is 42.5 Å². The topological polar surface area (TPSA) is 50.4 Å². The van der Waals surface area contributed by atoms with Gasteiger partial charge in [-0.05, 0) is 30.7 Å². The van der Waals surface area contributed by atoms with Crippen molar-refractivity contribution in [3.05, 3.63) is 59.4 Å². The Balaban J connectivity index is 2.06. The van der Waals surface area contributed by atoms with E-state index >= 15 is 0 Å². The number of rotatable bonds is 6. The molecule has 0 aliphatic carbocycles. The fraction of sp³-hybridized carbons (Fsp3) is 0.235. The van der Waals surface area contributed by atoms with E-state index in [1.807, 2.05) is 25.1 Å².